The Morgan fingerprint density at radius 1 is 1.47 bits per heavy atom. The van der Waals surface area contributed by atoms with Crippen molar-refractivity contribution in [1.82, 2.24) is 4.31 Å². The van der Waals surface area contributed by atoms with Crippen LogP contribution in [0.4, 0.5) is 10.1 Å². The molecule has 3 N–H and O–H groups in total. The molecular weight excluding hydrogens is 271 g/mol. The molecular formula is C12H17FN2O3S. The highest BCUT2D eigenvalue weighted by molar-refractivity contribution is 7.89. The maximum absolute atomic E-state index is 13.0. The third-order valence-corrected chi connectivity index (χ3v) is 5.41. The number of rotatable bonds is 2. The van der Waals surface area contributed by atoms with E-state index in [2.05, 4.69) is 0 Å². The molecule has 0 aliphatic carbocycles. The molecule has 1 saturated heterocycles. The first-order valence-electron chi connectivity index (χ1n) is 6.05. The second-order valence-corrected chi connectivity index (χ2v) is 6.78. The Kier molecular flexibility index (Phi) is 3.80. The van der Waals surface area contributed by atoms with E-state index in [9.17, 15) is 17.9 Å². The molecule has 1 aromatic rings. The lowest BCUT2D eigenvalue weighted by Gasteiger charge is -2.33. The first-order chi connectivity index (χ1) is 8.82. The van der Waals surface area contributed by atoms with Gasteiger partial charge in [0, 0.05) is 13.1 Å². The number of nitrogens with zero attached hydrogens (tertiary/aromatic N) is 1. The zero-order valence-electron chi connectivity index (χ0n) is 10.6. The molecule has 0 spiro atoms. The summed E-state index contributed by atoms with van der Waals surface area (Å²) in [7, 11) is -3.78. The van der Waals surface area contributed by atoms with Crippen LogP contribution in [0.2, 0.25) is 0 Å². The minimum Gasteiger partial charge on any atom is -0.398 e. The standard InChI is InChI=1S/C12H17FN2O3S/c1-8-4-5-15(7-11(8)16)19(17,18)12-3-2-9(13)6-10(12)14/h2-3,6,8,11,16H,4-5,7,14H2,1H3. The number of aliphatic hydroxyl groups is 1. The molecule has 0 aromatic heterocycles. The monoisotopic (exact) mass is 288 g/mol. The predicted molar refractivity (Wildman–Crippen MR) is 69.4 cm³/mol. The van der Waals surface area contributed by atoms with Crippen LogP contribution in [0, 0.1) is 11.7 Å². The molecule has 0 bridgehead atoms. The Morgan fingerprint density at radius 2 is 2.16 bits per heavy atom. The molecule has 106 valence electrons. The summed E-state index contributed by atoms with van der Waals surface area (Å²) in [5.74, 6) is -0.513. The lowest BCUT2D eigenvalue weighted by molar-refractivity contribution is 0.0605. The molecule has 5 nitrogen and oxygen atoms in total. The van der Waals surface area contributed by atoms with E-state index in [0.29, 0.717) is 13.0 Å². The van der Waals surface area contributed by atoms with Crippen molar-refractivity contribution in [2.75, 3.05) is 18.8 Å². The fourth-order valence-electron chi connectivity index (χ4n) is 2.13. The van der Waals surface area contributed by atoms with Crippen LogP contribution in [0.1, 0.15) is 13.3 Å². The van der Waals surface area contributed by atoms with E-state index in [1.165, 1.54) is 4.31 Å². The number of halogens is 1. The van der Waals surface area contributed by atoms with Gasteiger partial charge < -0.3 is 10.8 Å². The van der Waals surface area contributed by atoms with Gasteiger partial charge in [0.25, 0.3) is 0 Å². The second kappa shape index (κ2) is 5.07. The molecule has 2 unspecified atom stereocenters. The van der Waals surface area contributed by atoms with Gasteiger partial charge in [-0.15, -0.1) is 0 Å². The fourth-order valence-corrected chi connectivity index (χ4v) is 3.70. The van der Waals surface area contributed by atoms with Gasteiger partial charge in [0.2, 0.25) is 10.0 Å². The lowest BCUT2D eigenvalue weighted by atomic mass is 9.98. The SMILES string of the molecule is CC1CCN(S(=O)(=O)c2ccc(F)cc2N)CC1O. The summed E-state index contributed by atoms with van der Waals surface area (Å²) in [6.07, 6.45) is -0.105. The zero-order valence-corrected chi connectivity index (χ0v) is 11.4. The Balaban J connectivity index is 2.32. The maximum Gasteiger partial charge on any atom is 0.245 e. The van der Waals surface area contributed by atoms with Gasteiger partial charge in [0.05, 0.1) is 11.8 Å². The molecule has 7 heteroatoms. The number of nitrogens with two attached hydrogens (primary N) is 1. The number of anilines is 1. The van der Waals surface area contributed by atoms with E-state index in [0.717, 1.165) is 18.2 Å². The summed E-state index contributed by atoms with van der Waals surface area (Å²) < 4.78 is 38.9. The molecule has 2 atom stereocenters. The van der Waals surface area contributed by atoms with Crippen molar-refractivity contribution in [3.8, 4) is 0 Å². The Hall–Kier alpha value is -1.18. The lowest BCUT2D eigenvalue weighted by Crippen LogP contribution is -2.45. The van der Waals surface area contributed by atoms with Crippen LogP contribution >= 0.6 is 0 Å². The van der Waals surface area contributed by atoms with Crippen LogP contribution in [0.25, 0.3) is 0 Å². The molecule has 1 fully saturated rings. The molecule has 1 aliphatic rings. The molecule has 0 saturated carbocycles. The quantitative estimate of drug-likeness (QED) is 0.788. The smallest absolute Gasteiger partial charge is 0.245 e. The number of sulfonamides is 1. The molecule has 19 heavy (non-hydrogen) atoms. The van der Waals surface area contributed by atoms with Crippen molar-refractivity contribution in [1.29, 1.82) is 0 Å². The van der Waals surface area contributed by atoms with E-state index < -0.39 is 21.9 Å². The number of benzene rings is 1. The van der Waals surface area contributed by atoms with Gasteiger partial charge in [0.15, 0.2) is 0 Å². The maximum atomic E-state index is 13.0. The van der Waals surface area contributed by atoms with Gasteiger partial charge in [-0.05, 0) is 30.5 Å². The largest absolute Gasteiger partial charge is 0.398 e. The van der Waals surface area contributed by atoms with Crippen molar-refractivity contribution in [3.05, 3.63) is 24.0 Å². The van der Waals surface area contributed by atoms with Crippen LogP contribution in [-0.2, 0) is 10.0 Å². The number of piperidine rings is 1. The highest BCUT2D eigenvalue weighted by Gasteiger charge is 2.33. The van der Waals surface area contributed by atoms with Crippen LogP contribution < -0.4 is 5.73 Å². The number of aliphatic hydroxyl groups excluding tert-OH is 1. The van der Waals surface area contributed by atoms with Gasteiger partial charge >= 0.3 is 0 Å². The van der Waals surface area contributed by atoms with Gasteiger partial charge in [-0.25, -0.2) is 12.8 Å². The van der Waals surface area contributed by atoms with Gasteiger partial charge in [-0.1, -0.05) is 6.92 Å². The van der Waals surface area contributed by atoms with E-state index in [4.69, 9.17) is 5.73 Å². The van der Waals surface area contributed by atoms with Gasteiger partial charge in [-0.3, -0.25) is 0 Å². The molecule has 1 heterocycles. The molecule has 2 rings (SSSR count). The van der Waals surface area contributed by atoms with Crippen molar-refractivity contribution < 1.29 is 17.9 Å². The van der Waals surface area contributed by atoms with Crippen molar-refractivity contribution >= 4 is 15.7 Å². The van der Waals surface area contributed by atoms with Crippen LogP contribution in [0.3, 0.4) is 0 Å². The van der Waals surface area contributed by atoms with E-state index in [1.54, 1.807) is 0 Å². The van der Waals surface area contributed by atoms with E-state index in [1.807, 2.05) is 6.92 Å². The summed E-state index contributed by atoms with van der Waals surface area (Å²) in [6.45, 7) is 2.25. The minimum absolute atomic E-state index is 0.0420. The average molecular weight is 288 g/mol. The van der Waals surface area contributed by atoms with Gasteiger partial charge in [0.1, 0.15) is 10.7 Å². The molecule has 0 radical (unpaired) electrons. The highest BCUT2D eigenvalue weighted by Crippen LogP contribution is 2.27. The first kappa shape index (κ1) is 14.2. The minimum atomic E-state index is -3.78. The van der Waals surface area contributed by atoms with Gasteiger partial charge in [-0.2, -0.15) is 4.31 Å². The summed E-state index contributed by atoms with van der Waals surface area (Å²) in [5, 5.41) is 9.77. The second-order valence-electron chi connectivity index (χ2n) is 4.88. The Labute approximate surface area is 111 Å². The number of β-amino-alcohol motifs (C(OH)–C–C–N with tert-alkyl or cyclic N) is 1. The van der Waals surface area contributed by atoms with E-state index in [-0.39, 0.29) is 23.0 Å². The molecule has 1 aliphatic heterocycles. The van der Waals surface area contributed by atoms with Crippen LogP contribution in [0.15, 0.2) is 23.1 Å². The fraction of sp³-hybridized carbons (Fsp3) is 0.500. The highest BCUT2D eigenvalue weighted by atomic mass is 32.2. The zero-order chi connectivity index (χ0) is 14.2. The van der Waals surface area contributed by atoms with E-state index >= 15 is 0 Å². The first-order valence-corrected chi connectivity index (χ1v) is 7.49. The molecule has 0 amide bonds. The summed E-state index contributed by atoms with van der Waals surface area (Å²) in [4.78, 5) is -0.115. The van der Waals surface area contributed by atoms with Crippen molar-refractivity contribution in [2.45, 2.75) is 24.3 Å². The van der Waals surface area contributed by atoms with Crippen molar-refractivity contribution in [3.63, 3.8) is 0 Å². The number of hydrogen-bond donors (Lipinski definition) is 2. The molecule has 1 aromatic carbocycles. The summed E-state index contributed by atoms with van der Waals surface area (Å²) >= 11 is 0. The number of hydrogen-bond acceptors (Lipinski definition) is 4. The normalized spacial score (nSPS) is 25.4. The summed E-state index contributed by atoms with van der Waals surface area (Å²) in [5.41, 5.74) is 5.45. The van der Waals surface area contributed by atoms with Crippen LogP contribution in [0.5, 0.6) is 0 Å². The predicted octanol–water partition coefficient (Wildman–Crippen LogP) is 0.799. The summed E-state index contributed by atoms with van der Waals surface area (Å²) in [6, 6.07) is 3.20. The average Bonchev–Trinajstić information content (AvgIpc) is 2.32. The Morgan fingerprint density at radius 3 is 2.74 bits per heavy atom. The van der Waals surface area contributed by atoms with Crippen molar-refractivity contribution in [2.24, 2.45) is 5.92 Å². The topological polar surface area (TPSA) is 83.6 Å². The third-order valence-electron chi connectivity index (χ3n) is 3.47. The van der Waals surface area contributed by atoms with Crippen LogP contribution in [-0.4, -0.2) is 37.0 Å². The third kappa shape index (κ3) is 2.72. The number of nitrogen functional groups attached to an aromatic ring is 1. The Bertz CT molecular complexity index is 576.